The molecule has 0 atom stereocenters. The van der Waals surface area contributed by atoms with E-state index >= 15 is 0 Å². The molecule has 3 aromatic rings. The predicted octanol–water partition coefficient (Wildman–Crippen LogP) is 1.72. The molecular weight excluding hydrogens is 264 g/mol. The Morgan fingerprint density at radius 1 is 1.21 bits per heavy atom. The molecule has 8 heteroatoms. The smallest absolute Gasteiger partial charge is 0.253 e. The van der Waals surface area contributed by atoms with Gasteiger partial charge in [-0.1, -0.05) is 11.8 Å². The Morgan fingerprint density at radius 3 is 2.79 bits per heavy atom. The Balaban J connectivity index is 1.83. The van der Waals surface area contributed by atoms with Crippen molar-refractivity contribution < 1.29 is 4.42 Å². The van der Waals surface area contributed by atoms with Crippen LogP contribution in [0.2, 0.25) is 0 Å². The molecule has 98 valence electrons. The number of rotatable bonds is 3. The van der Waals surface area contributed by atoms with Crippen molar-refractivity contribution in [3.05, 3.63) is 29.2 Å². The predicted molar refractivity (Wildman–Crippen MR) is 68.9 cm³/mol. The van der Waals surface area contributed by atoms with E-state index in [-0.39, 0.29) is 0 Å². The van der Waals surface area contributed by atoms with Gasteiger partial charge in [-0.15, -0.1) is 15.3 Å². The average Bonchev–Trinajstić information content (AvgIpc) is 2.92. The van der Waals surface area contributed by atoms with Gasteiger partial charge in [0.25, 0.3) is 5.78 Å². The summed E-state index contributed by atoms with van der Waals surface area (Å²) in [5.41, 5.74) is 1.94. The Morgan fingerprint density at radius 2 is 2.05 bits per heavy atom. The van der Waals surface area contributed by atoms with Gasteiger partial charge in [0.15, 0.2) is 0 Å². The first-order valence-corrected chi connectivity index (χ1v) is 6.73. The first-order valence-electron chi connectivity index (χ1n) is 5.74. The molecule has 7 nitrogen and oxygen atoms in total. The molecule has 0 unspecified atom stereocenters. The van der Waals surface area contributed by atoms with Gasteiger partial charge in [-0.25, -0.2) is 9.50 Å². The zero-order valence-corrected chi connectivity index (χ0v) is 11.6. The molecule has 0 aliphatic carbocycles. The molecule has 0 saturated heterocycles. The summed E-state index contributed by atoms with van der Waals surface area (Å²) >= 11 is 1.45. The standard InChI is InChI=1S/C11H12N6OS/c1-6-4-7(2)17-10(12-6)13-11(16-17)19-5-9-15-14-8(3)18-9/h4H,5H2,1-3H3. The van der Waals surface area contributed by atoms with Crippen LogP contribution in [0.5, 0.6) is 0 Å². The molecule has 0 aliphatic heterocycles. The number of thioether (sulfide) groups is 1. The number of hydrogen-bond acceptors (Lipinski definition) is 7. The molecule has 0 bridgehead atoms. The van der Waals surface area contributed by atoms with Gasteiger partial charge in [0.2, 0.25) is 16.9 Å². The summed E-state index contributed by atoms with van der Waals surface area (Å²) in [5, 5.41) is 12.8. The molecule has 0 aromatic carbocycles. The van der Waals surface area contributed by atoms with Crippen molar-refractivity contribution in [1.29, 1.82) is 0 Å². The fraction of sp³-hybridized carbons (Fsp3) is 0.364. The topological polar surface area (TPSA) is 82.0 Å². The van der Waals surface area contributed by atoms with Crippen LogP contribution >= 0.6 is 11.8 Å². The van der Waals surface area contributed by atoms with Crippen molar-refractivity contribution >= 4 is 17.5 Å². The third-order valence-corrected chi connectivity index (χ3v) is 3.31. The van der Waals surface area contributed by atoms with Gasteiger partial charge in [0, 0.05) is 18.3 Å². The second-order valence-electron chi connectivity index (χ2n) is 4.15. The zero-order valence-electron chi connectivity index (χ0n) is 10.8. The number of nitrogens with zero attached hydrogens (tertiary/aromatic N) is 6. The van der Waals surface area contributed by atoms with Gasteiger partial charge in [-0.05, 0) is 19.9 Å². The third-order valence-electron chi connectivity index (χ3n) is 2.49. The van der Waals surface area contributed by atoms with E-state index in [2.05, 4.69) is 25.3 Å². The molecule has 3 rings (SSSR count). The normalized spacial score (nSPS) is 11.3. The molecule has 0 N–H and O–H groups in total. The Hall–Kier alpha value is -1.96. The third kappa shape index (κ3) is 2.43. The maximum absolute atomic E-state index is 5.30. The fourth-order valence-electron chi connectivity index (χ4n) is 1.73. The average molecular weight is 276 g/mol. The van der Waals surface area contributed by atoms with E-state index in [0.717, 1.165) is 11.4 Å². The first kappa shape index (κ1) is 12.1. The molecule has 3 aromatic heterocycles. The number of hydrogen-bond donors (Lipinski definition) is 0. The summed E-state index contributed by atoms with van der Waals surface area (Å²) in [5.74, 6) is 2.30. The second-order valence-corrected chi connectivity index (χ2v) is 5.09. The number of aromatic nitrogens is 6. The molecule has 19 heavy (non-hydrogen) atoms. The maximum Gasteiger partial charge on any atom is 0.253 e. The minimum atomic E-state index is 0.551. The number of fused-ring (bicyclic) bond motifs is 1. The molecular formula is C11H12N6OS. The molecule has 0 radical (unpaired) electrons. The minimum Gasteiger partial charge on any atom is -0.425 e. The van der Waals surface area contributed by atoms with Crippen molar-refractivity contribution in [3.63, 3.8) is 0 Å². The zero-order chi connectivity index (χ0) is 13.4. The lowest BCUT2D eigenvalue weighted by Gasteiger charge is -1.97. The van der Waals surface area contributed by atoms with E-state index in [1.807, 2.05) is 19.9 Å². The highest BCUT2D eigenvalue weighted by Gasteiger charge is 2.10. The van der Waals surface area contributed by atoms with Crippen LogP contribution in [0.25, 0.3) is 5.78 Å². The van der Waals surface area contributed by atoms with Crippen LogP contribution in [-0.2, 0) is 5.75 Å². The van der Waals surface area contributed by atoms with Crippen LogP contribution in [0.1, 0.15) is 23.2 Å². The maximum atomic E-state index is 5.30. The molecule has 0 amide bonds. The van der Waals surface area contributed by atoms with Crippen LogP contribution < -0.4 is 0 Å². The van der Waals surface area contributed by atoms with Gasteiger partial charge in [0.1, 0.15) is 0 Å². The van der Waals surface area contributed by atoms with E-state index in [1.165, 1.54) is 11.8 Å². The summed E-state index contributed by atoms with van der Waals surface area (Å²) < 4.78 is 7.03. The second kappa shape index (κ2) is 4.61. The van der Waals surface area contributed by atoms with Crippen LogP contribution in [0.3, 0.4) is 0 Å². The quantitative estimate of drug-likeness (QED) is 0.673. The summed E-state index contributed by atoms with van der Waals surface area (Å²) in [6.45, 7) is 5.68. The van der Waals surface area contributed by atoms with Crippen molar-refractivity contribution in [2.45, 2.75) is 31.7 Å². The highest BCUT2D eigenvalue weighted by atomic mass is 32.2. The summed E-state index contributed by atoms with van der Waals surface area (Å²) in [6.07, 6.45) is 0. The van der Waals surface area contributed by atoms with Crippen molar-refractivity contribution in [2.24, 2.45) is 0 Å². The molecule has 0 saturated carbocycles. The van der Waals surface area contributed by atoms with Crippen LogP contribution in [-0.4, -0.2) is 29.8 Å². The van der Waals surface area contributed by atoms with E-state index in [4.69, 9.17) is 4.42 Å². The molecule has 0 fully saturated rings. The minimum absolute atomic E-state index is 0.551. The van der Waals surface area contributed by atoms with Crippen molar-refractivity contribution in [2.75, 3.05) is 0 Å². The van der Waals surface area contributed by atoms with Crippen LogP contribution in [0.4, 0.5) is 0 Å². The van der Waals surface area contributed by atoms with E-state index in [9.17, 15) is 0 Å². The van der Waals surface area contributed by atoms with E-state index in [1.54, 1.807) is 11.4 Å². The Bertz CT molecular complexity index is 734. The van der Waals surface area contributed by atoms with Gasteiger partial charge in [-0.3, -0.25) is 0 Å². The molecule has 0 spiro atoms. The van der Waals surface area contributed by atoms with Gasteiger partial charge in [-0.2, -0.15) is 4.98 Å². The molecule has 3 heterocycles. The highest BCUT2D eigenvalue weighted by molar-refractivity contribution is 7.98. The lowest BCUT2D eigenvalue weighted by atomic mass is 10.4. The lowest BCUT2D eigenvalue weighted by molar-refractivity contribution is 0.485. The summed E-state index contributed by atoms with van der Waals surface area (Å²) in [7, 11) is 0. The number of aryl methyl sites for hydroxylation is 3. The lowest BCUT2D eigenvalue weighted by Crippen LogP contribution is -1.97. The Kier molecular flexibility index (Phi) is 2.94. The monoisotopic (exact) mass is 276 g/mol. The molecule has 0 aliphatic rings. The largest absolute Gasteiger partial charge is 0.425 e. The van der Waals surface area contributed by atoms with E-state index in [0.29, 0.717) is 28.5 Å². The van der Waals surface area contributed by atoms with Crippen LogP contribution in [0, 0.1) is 20.8 Å². The summed E-state index contributed by atoms with van der Waals surface area (Å²) in [4.78, 5) is 8.71. The fourth-order valence-corrected chi connectivity index (χ4v) is 2.39. The van der Waals surface area contributed by atoms with Gasteiger partial charge >= 0.3 is 0 Å². The van der Waals surface area contributed by atoms with Gasteiger partial charge < -0.3 is 4.42 Å². The Labute approximate surface area is 113 Å². The van der Waals surface area contributed by atoms with Gasteiger partial charge in [0.05, 0.1) is 5.75 Å². The highest BCUT2D eigenvalue weighted by Crippen LogP contribution is 2.19. The first-order chi connectivity index (χ1) is 9.11. The van der Waals surface area contributed by atoms with Crippen LogP contribution in [0.15, 0.2) is 15.6 Å². The van der Waals surface area contributed by atoms with E-state index < -0.39 is 0 Å². The van der Waals surface area contributed by atoms with Crippen molar-refractivity contribution in [1.82, 2.24) is 29.8 Å². The SMILES string of the molecule is Cc1cc(C)n2nc(SCc3nnc(C)o3)nc2n1. The van der Waals surface area contributed by atoms with Crippen molar-refractivity contribution in [3.8, 4) is 0 Å². The summed E-state index contributed by atoms with van der Waals surface area (Å²) in [6, 6.07) is 1.97.